The first-order valence-corrected chi connectivity index (χ1v) is 11.8. The quantitative estimate of drug-likeness (QED) is 0.161. The van der Waals surface area contributed by atoms with Crippen LogP contribution in [-0.4, -0.2) is 34.9 Å². The first kappa shape index (κ1) is 30.3. The van der Waals surface area contributed by atoms with Gasteiger partial charge in [-0.3, -0.25) is 9.80 Å². The topological polar surface area (TPSA) is 170 Å². The largest absolute Gasteiger partial charge is 0.376 e. The summed E-state index contributed by atoms with van der Waals surface area (Å²) in [5.74, 6) is 12.0. The highest BCUT2D eigenvalue weighted by Crippen LogP contribution is 2.15. The lowest BCUT2D eigenvalue weighted by Crippen LogP contribution is -2.49. The average Bonchev–Trinajstić information content (AvgIpc) is 2.87. The molecular weight excluding hydrogens is 454 g/mol. The third kappa shape index (κ3) is 11.1. The number of nitrogens with zero attached hydrogens (tertiary/aromatic N) is 3. The fraction of sp³-hybridized carbons (Fsp3) is 0.370. The lowest BCUT2D eigenvalue weighted by molar-refractivity contribution is -0.121. The molecule has 0 saturated heterocycles. The van der Waals surface area contributed by atoms with E-state index in [0.29, 0.717) is 19.0 Å². The van der Waals surface area contributed by atoms with Crippen molar-refractivity contribution in [3.63, 3.8) is 0 Å². The van der Waals surface area contributed by atoms with Gasteiger partial charge in [0.2, 0.25) is 5.91 Å². The molecule has 0 aliphatic rings. The lowest BCUT2D eigenvalue weighted by Gasteiger charge is -2.30. The number of hydrogen-bond donors (Lipinski definition) is 4. The number of nitrogens with two attached hydrogens (primary N) is 4. The van der Waals surface area contributed by atoms with Crippen molar-refractivity contribution in [2.75, 3.05) is 6.61 Å². The van der Waals surface area contributed by atoms with Crippen LogP contribution in [0.1, 0.15) is 44.7 Å². The van der Waals surface area contributed by atoms with Crippen molar-refractivity contribution in [1.82, 2.24) is 5.01 Å². The summed E-state index contributed by atoms with van der Waals surface area (Å²) in [5, 5.41) is 14.7. The zero-order chi connectivity index (χ0) is 27.0. The molecule has 9 heteroatoms. The summed E-state index contributed by atoms with van der Waals surface area (Å²) in [6.07, 6.45) is 4.84. The van der Waals surface area contributed by atoms with Gasteiger partial charge in [-0.1, -0.05) is 79.7 Å². The zero-order valence-electron chi connectivity index (χ0n) is 21.4. The Morgan fingerprint density at radius 1 is 1.17 bits per heavy atom. The molecule has 0 unspecified atom stereocenters. The molecule has 0 radical (unpaired) electrons. The lowest BCUT2D eigenvalue weighted by atomic mass is 10.0. The van der Waals surface area contributed by atoms with Gasteiger partial charge < -0.3 is 22.0 Å². The van der Waals surface area contributed by atoms with E-state index in [-0.39, 0.29) is 18.4 Å². The number of amides is 1. The molecule has 36 heavy (non-hydrogen) atoms. The molecule has 0 aliphatic heterocycles. The molecule has 0 spiro atoms. The van der Waals surface area contributed by atoms with E-state index in [1.165, 1.54) is 5.01 Å². The molecule has 8 N–H and O–H groups in total. The van der Waals surface area contributed by atoms with Gasteiger partial charge in [0.1, 0.15) is 5.84 Å². The summed E-state index contributed by atoms with van der Waals surface area (Å²) in [6.45, 7) is 6.12. The predicted molar refractivity (Wildman–Crippen MR) is 144 cm³/mol. The van der Waals surface area contributed by atoms with E-state index in [4.69, 9.17) is 27.9 Å². The van der Waals surface area contributed by atoms with Gasteiger partial charge in [-0.25, -0.2) is 5.84 Å². The van der Waals surface area contributed by atoms with Gasteiger partial charge >= 0.3 is 0 Å². The Morgan fingerprint density at radius 2 is 1.72 bits per heavy atom. The highest BCUT2D eigenvalue weighted by molar-refractivity contribution is 5.84. The Bertz CT molecular complexity index is 996. The molecule has 2 aromatic rings. The third-order valence-electron chi connectivity index (χ3n) is 5.29. The maximum absolute atomic E-state index is 10.1. The van der Waals surface area contributed by atoms with Crippen molar-refractivity contribution in [2.24, 2.45) is 34.2 Å². The van der Waals surface area contributed by atoms with Gasteiger partial charge in [-0.05, 0) is 31.4 Å². The van der Waals surface area contributed by atoms with Crippen LogP contribution in [0.3, 0.4) is 0 Å². The number of amidine groups is 1. The van der Waals surface area contributed by atoms with Crippen LogP contribution in [0.5, 0.6) is 0 Å². The second-order valence-corrected chi connectivity index (χ2v) is 8.79. The van der Waals surface area contributed by atoms with E-state index in [1.54, 1.807) is 13.8 Å². The summed E-state index contributed by atoms with van der Waals surface area (Å²) in [7, 11) is 0. The van der Waals surface area contributed by atoms with Crippen molar-refractivity contribution in [3.05, 3.63) is 77.9 Å². The molecule has 0 aliphatic carbocycles. The van der Waals surface area contributed by atoms with Crippen LogP contribution < -0.4 is 23.2 Å². The summed E-state index contributed by atoms with van der Waals surface area (Å²) in [6, 6.07) is 21.7. The number of carbonyl (C=O) groups is 1. The third-order valence-corrected chi connectivity index (χ3v) is 5.29. The van der Waals surface area contributed by atoms with Crippen molar-refractivity contribution >= 4 is 17.8 Å². The Balaban J connectivity index is 0.000000809. The average molecular weight is 494 g/mol. The Morgan fingerprint density at radius 3 is 2.19 bits per heavy atom. The molecule has 194 valence electrons. The van der Waals surface area contributed by atoms with Gasteiger partial charge in [0.05, 0.1) is 37.3 Å². The predicted octanol–water partition coefficient (Wildman–Crippen LogP) is 2.88. The van der Waals surface area contributed by atoms with Crippen molar-refractivity contribution in [2.45, 2.75) is 51.8 Å². The number of nitriles is 1. The Labute approximate surface area is 214 Å². The number of ether oxygens (including phenoxy) is 1. The van der Waals surface area contributed by atoms with Crippen LogP contribution in [0.15, 0.2) is 71.8 Å². The van der Waals surface area contributed by atoms with Crippen LogP contribution in [-0.2, 0) is 16.1 Å². The number of hydrazone groups is 1. The van der Waals surface area contributed by atoms with Gasteiger partial charge in [-0.2, -0.15) is 10.4 Å². The highest BCUT2D eigenvalue weighted by atomic mass is 16.5. The van der Waals surface area contributed by atoms with E-state index in [0.717, 1.165) is 17.5 Å². The maximum Gasteiger partial charge on any atom is 0.236 e. The number of primary amides is 1. The number of rotatable bonds is 11. The summed E-state index contributed by atoms with van der Waals surface area (Å²) < 4.78 is 5.87. The minimum Gasteiger partial charge on any atom is -0.376 e. The van der Waals surface area contributed by atoms with E-state index >= 15 is 0 Å². The molecule has 9 nitrogen and oxygen atoms in total. The molecule has 0 bridgehead atoms. The van der Waals surface area contributed by atoms with Gasteiger partial charge in [0, 0.05) is 5.92 Å². The van der Waals surface area contributed by atoms with E-state index in [2.05, 4.69) is 11.2 Å². The van der Waals surface area contributed by atoms with Crippen LogP contribution in [0.2, 0.25) is 0 Å². The minimum atomic E-state index is -0.861. The first-order chi connectivity index (χ1) is 17.1. The summed E-state index contributed by atoms with van der Waals surface area (Å²) >= 11 is 0. The van der Waals surface area contributed by atoms with Crippen LogP contribution >= 0.6 is 0 Å². The SMILES string of the molecule is CC(C)(N)C(N)=O.CC[C@H](COCc1ccccc1)/C(=N/N)N(N)[C@@H](/C=C/c1ccccc1)CC#N. The minimum absolute atomic E-state index is 0.0694. The number of benzene rings is 2. The summed E-state index contributed by atoms with van der Waals surface area (Å²) in [5.41, 5.74) is 11.3. The highest BCUT2D eigenvalue weighted by Gasteiger charge is 2.24. The molecule has 2 atom stereocenters. The second-order valence-electron chi connectivity index (χ2n) is 8.79. The van der Waals surface area contributed by atoms with Gasteiger partial charge in [0.25, 0.3) is 0 Å². The molecule has 2 aromatic carbocycles. The van der Waals surface area contributed by atoms with Crippen LogP contribution in [0.25, 0.3) is 6.08 Å². The standard InChI is InChI=1S/C23H29N5O.C4H10N2O/c1-2-21(18-29-17-20-11-7-4-8-12-20)23(27-25)28(26)22(15-16-24)14-13-19-9-5-3-6-10-19;1-4(2,6)3(5)7/h3-14,21-22H,2,15,17-18,25-26H2,1H3;6H2,1-2H3,(H2,5,7)/b14-13+,27-23-;/t21-,22+;/m1./s1. The fourth-order valence-corrected chi connectivity index (χ4v) is 2.96. The number of hydrazine groups is 1. The van der Waals surface area contributed by atoms with Crippen molar-refractivity contribution in [1.29, 1.82) is 5.26 Å². The monoisotopic (exact) mass is 493 g/mol. The molecule has 1 amide bonds. The van der Waals surface area contributed by atoms with Crippen LogP contribution in [0, 0.1) is 17.2 Å². The molecular formula is C27H39N7O2. The number of carbonyl (C=O) groups excluding carboxylic acids is 1. The smallest absolute Gasteiger partial charge is 0.236 e. The van der Waals surface area contributed by atoms with E-state index in [1.807, 2.05) is 79.7 Å². The normalized spacial score (nSPS) is 13.3. The number of hydrogen-bond acceptors (Lipinski definition) is 7. The van der Waals surface area contributed by atoms with E-state index in [9.17, 15) is 10.1 Å². The molecule has 0 aromatic heterocycles. The molecule has 0 saturated carbocycles. The Hall–Kier alpha value is -3.71. The molecule has 0 heterocycles. The van der Waals surface area contributed by atoms with Gasteiger partial charge in [-0.15, -0.1) is 0 Å². The molecule has 0 fully saturated rings. The zero-order valence-corrected chi connectivity index (χ0v) is 21.4. The maximum atomic E-state index is 10.1. The Kier molecular flexibility index (Phi) is 13.5. The fourth-order valence-electron chi connectivity index (χ4n) is 2.96. The summed E-state index contributed by atoms with van der Waals surface area (Å²) in [4.78, 5) is 10.1. The molecule has 2 rings (SSSR count). The van der Waals surface area contributed by atoms with E-state index < -0.39 is 11.4 Å². The second kappa shape index (κ2) is 16.1. The van der Waals surface area contributed by atoms with Gasteiger partial charge in [0.15, 0.2) is 0 Å². The van der Waals surface area contributed by atoms with Crippen molar-refractivity contribution < 1.29 is 9.53 Å². The first-order valence-electron chi connectivity index (χ1n) is 11.8. The van der Waals surface area contributed by atoms with Crippen LogP contribution in [0.4, 0.5) is 0 Å². The van der Waals surface area contributed by atoms with Crippen molar-refractivity contribution in [3.8, 4) is 6.07 Å².